The van der Waals surface area contributed by atoms with Gasteiger partial charge in [-0.15, -0.1) is 23.7 Å². The highest BCUT2D eigenvalue weighted by Gasteiger charge is 2.20. The van der Waals surface area contributed by atoms with Gasteiger partial charge in [-0.2, -0.15) is 0 Å². The molecule has 28 heavy (non-hydrogen) atoms. The van der Waals surface area contributed by atoms with Crippen molar-refractivity contribution >= 4 is 35.7 Å². The molecule has 0 N–H and O–H groups in total. The smallest absolute Gasteiger partial charge is 0.246 e. The number of carbonyl (C=O) groups is 1. The number of hydrogen-bond donors (Lipinski definition) is 0. The lowest BCUT2D eigenvalue weighted by atomic mass is 10.2. The first-order valence-corrected chi connectivity index (χ1v) is 10.3. The summed E-state index contributed by atoms with van der Waals surface area (Å²) >= 11 is 1.79. The van der Waals surface area contributed by atoms with E-state index in [0.29, 0.717) is 13.2 Å². The SMILES string of the molecule is Cl.O=C(C=Cc1ccc2c(c1)OCCCO2)N1CCN(Cc2cccs2)CC1. The summed E-state index contributed by atoms with van der Waals surface area (Å²) in [5, 5.41) is 2.11. The summed E-state index contributed by atoms with van der Waals surface area (Å²) < 4.78 is 11.4. The van der Waals surface area contributed by atoms with Crippen molar-refractivity contribution in [3.63, 3.8) is 0 Å². The maximum absolute atomic E-state index is 12.5. The fourth-order valence-corrected chi connectivity index (χ4v) is 4.05. The Morgan fingerprint density at radius 1 is 1.07 bits per heavy atom. The molecular weight excluding hydrogens is 396 g/mol. The molecule has 1 aromatic heterocycles. The molecular formula is C21H25ClN2O3S. The van der Waals surface area contributed by atoms with Crippen LogP contribution in [-0.2, 0) is 11.3 Å². The Morgan fingerprint density at radius 2 is 1.86 bits per heavy atom. The largest absolute Gasteiger partial charge is 0.490 e. The van der Waals surface area contributed by atoms with Gasteiger partial charge in [-0.1, -0.05) is 12.1 Å². The molecule has 1 aromatic carbocycles. The number of nitrogens with zero attached hydrogens (tertiary/aromatic N) is 2. The van der Waals surface area contributed by atoms with Crippen molar-refractivity contribution in [2.75, 3.05) is 39.4 Å². The van der Waals surface area contributed by atoms with E-state index in [-0.39, 0.29) is 18.3 Å². The Hall–Kier alpha value is -2.02. The summed E-state index contributed by atoms with van der Waals surface area (Å²) in [5.74, 6) is 1.60. The zero-order chi connectivity index (χ0) is 18.5. The van der Waals surface area contributed by atoms with Crippen LogP contribution in [0.15, 0.2) is 41.8 Å². The van der Waals surface area contributed by atoms with E-state index in [1.165, 1.54) is 4.88 Å². The number of carbonyl (C=O) groups excluding carboxylic acids is 1. The van der Waals surface area contributed by atoms with Crippen LogP contribution in [-0.4, -0.2) is 55.1 Å². The van der Waals surface area contributed by atoms with Gasteiger partial charge in [0, 0.05) is 50.1 Å². The molecule has 5 nitrogen and oxygen atoms in total. The van der Waals surface area contributed by atoms with Crippen LogP contribution in [0.4, 0.5) is 0 Å². The van der Waals surface area contributed by atoms with Crippen molar-refractivity contribution in [1.82, 2.24) is 9.80 Å². The van der Waals surface area contributed by atoms with Gasteiger partial charge in [0.15, 0.2) is 11.5 Å². The molecule has 7 heteroatoms. The van der Waals surface area contributed by atoms with Crippen LogP contribution >= 0.6 is 23.7 Å². The normalized spacial score (nSPS) is 17.2. The first kappa shape index (κ1) is 20.7. The van der Waals surface area contributed by atoms with E-state index < -0.39 is 0 Å². The molecule has 1 amide bonds. The van der Waals surface area contributed by atoms with Crippen LogP contribution < -0.4 is 9.47 Å². The molecule has 0 aliphatic carbocycles. The van der Waals surface area contributed by atoms with E-state index in [2.05, 4.69) is 22.4 Å². The van der Waals surface area contributed by atoms with Crippen molar-refractivity contribution < 1.29 is 14.3 Å². The third-order valence-electron chi connectivity index (χ3n) is 4.83. The Labute approximate surface area is 176 Å². The van der Waals surface area contributed by atoms with Crippen molar-refractivity contribution in [2.45, 2.75) is 13.0 Å². The standard InChI is InChI=1S/C21H24N2O3S.ClH/c24-21(23-10-8-22(9-11-23)16-18-3-1-14-27-18)7-5-17-4-6-19-20(15-17)26-13-2-12-25-19;/h1,3-7,14-15H,2,8-13,16H2;1H. The minimum absolute atomic E-state index is 0. The minimum atomic E-state index is 0. The van der Waals surface area contributed by atoms with Crippen molar-refractivity contribution in [3.8, 4) is 11.5 Å². The molecule has 0 bridgehead atoms. The molecule has 2 aliphatic rings. The van der Waals surface area contributed by atoms with Gasteiger partial charge in [0.05, 0.1) is 13.2 Å². The van der Waals surface area contributed by atoms with E-state index in [0.717, 1.165) is 56.2 Å². The zero-order valence-electron chi connectivity index (χ0n) is 15.7. The summed E-state index contributed by atoms with van der Waals surface area (Å²) in [6.45, 7) is 5.70. The molecule has 0 radical (unpaired) electrons. The number of halogens is 1. The van der Waals surface area contributed by atoms with Gasteiger partial charge < -0.3 is 14.4 Å². The average Bonchev–Trinajstić information content (AvgIpc) is 3.09. The second-order valence-electron chi connectivity index (χ2n) is 6.77. The highest BCUT2D eigenvalue weighted by molar-refractivity contribution is 7.09. The number of rotatable bonds is 4. The van der Waals surface area contributed by atoms with Crippen LogP contribution in [0.5, 0.6) is 11.5 Å². The van der Waals surface area contributed by atoms with Gasteiger partial charge in [-0.3, -0.25) is 9.69 Å². The molecule has 150 valence electrons. The molecule has 0 atom stereocenters. The Bertz CT molecular complexity index is 802. The maximum Gasteiger partial charge on any atom is 0.246 e. The lowest BCUT2D eigenvalue weighted by molar-refractivity contribution is -0.127. The highest BCUT2D eigenvalue weighted by atomic mass is 35.5. The third kappa shape index (κ3) is 5.28. The molecule has 2 aromatic rings. The number of piperazine rings is 1. The van der Waals surface area contributed by atoms with Gasteiger partial charge in [0.25, 0.3) is 0 Å². The highest BCUT2D eigenvalue weighted by Crippen LogP contribution is 2.30. The Balaban J connectivity index is 0.00000225. The van der Waals surface area contributed by atoms with Gasteiger partial charge in [0.2, 0.25) is 5.91 Å². The number of fused-ring (bicyclic) bond motifs is 1. The topological polar surface area (TPSA) is 42.0 Å². The van der Waals surface area contributed by atoms with Crippen molar-refractivity contribution in [1.29, 1.82) is 0 Å². The summed E-state index contributed by atoms with van der Waals surface area (Å²) in [7, 11) is 0. The van der Waals surface area contributed by atoms with Crippen LogP contribution in [0.1, 0.15) is 16.9 Å². The predicted octanol–water partition coefficient (Wildman–Crippen LogP) is 3.69. The second-order valence-corrected chi connectivity index (χ2v) is 7.80. The quantitative estimate of drug-likeness (QED) is 0.707. The lowest BCUT2D eigenvalue weighted by Crippen LogP contribution is -2.47. The lowest BCUT2D eigenvalue weighted by Gasteiger charge is -2.34. The number of ether oxygens (including phenoxy) is 2. The molecule has 0 unspecified atom stereocenters. The van der Waals surface area contributed by atoms with Gasteiger partial charge >= 0.3 is 0 Å². The Kier molecular flexibility index (Phi) is 7.36. The van der Waals surface area contributed by atoms with Crippen molar-refractivity contribution in [2.24, 2.45) is 0 Å². The van der Waals surface area contributed by atoms with E-state index in [9.17, 15) is 4.79 Å². The van der Waals surface area contributed by atoms with E-state index >= 15 is 0 Å². The minimum Gasteiger partial charge on any atom is -0.490 e. The fraction of sp³-hybridized carbons (Fsp3) is 0.381. The number of amides is 1. The van der Waals surface area contributed by atoms with Gasteiger partial charge in [-0.05, 0) is 35.2 Å². The molecule has 1 fully saturated rings. The number of thiophene rings is 1. The predicted molar refractivity (Wildman–Crippen MR) is 115 cm³/mol. The molecule has 2 aliphatic heterocycles. The van der Waals surface area contributed by atoms with Gasteiger partial charge in [-0.25, -0.2) is 0 Å². The molecule has 3 heterocycles. The van der Waals surface area contributed by atoms with Crippen LogP contribution in [0.2, 0.25) is 0 Å². The zero-order valence-corrected chi connectivity index (χ0v) is 17.3. The van der Waals surface area contributed by atoms with E-state index in [1.54, 1.807) is 17.4 Å². The second kappa shape index (κ2) is 9.96. The van der Waals surface area contributed by atoms with Crippen molar-refractivity contribution in [3.05, 3.63) is 52.2 Å². The summed E-state index contributed by atoms with van der Waals surface area (Å²) in [4.78, 5) is 18.2. The number of hydrogen-bond acceptors (Lipinski definition) is 5. The first-order chi connectivity index (χ1) is 13.3. The Morgan fingerprint density at radius 3 is 2.61 bits per heavy atom. The maximum atomic E-state index is 12.5. The summed E-state index contributed by atoms with van der Waals surface area (Å²) in [5.41, 5.74) is 0.948. The molecule has 4 rings (SSSR count). The molecule has 0 spiro atoms. The van der Waals surface area contributed by atoms with Crippen LogP contribution in [0.3, 0.4) is 0 Å². The summed E-state index contributed by atoms with van der Waals surface area (Å²) in [6.07, 6.45) is 4.40. The molecule has 1 saturated heterocycles. The van der Waals surface area contributed by atoms with E-state index in [4.69, 9.17) is 9.47 Å². The monoisotopic (exact) mass is 420 g/mol. The van der Waals surface area contributed by atoms with E-state index in [1.807, 2.05) is 29.2 Å². The third-order valence-corrected chi connectivity index (χ3v) is 5.69. The average molecular weight is 421 g/mol. The fourth-order valence-electron chi connectivity index (χ4n) is 3.31. The first-order valence-electron chi connectivity index (χ1n) is 9.39. The number of benzene rings is 1. The van der Waals surface area contributed by atoms with Crippen LogP contribution in [0.25, 0.3) is 6.08 Å². The molecule has 0 saturated carbocycles. The summed E-state index contributed by atoms with van der Waals surface area (Å²) in [6, 6.07) is 10.1. The van der Waals surface area contributed by atoms with Gasteiger partial charge in [0.1, 0.15) is 0 Å². The van der Waals surface area contributed by atoms with Crippen LogP contribution in [0, 0.1) is 0 Å².